The van der Waals surface area contributed by atoms with Crippen LogP contribution in [0.2, 0.25) is 0 Å². The summed E-state index contributed by atoms with van der Waals surface area (Å²) in [6.45, 7) is 1.98. The smallest absolute Gasteiger partial charge is 0.278 e. The van der Waals surface area contributed by atoms with Crippen LogP contribution >= 0.6 is 27.3 Å². The van der Waals surface area contributed by atoms with Crippen LogP contribution in [0.4, 0.5) is 0 Å². The molecule has 13 heavy (non-hydrogen) atoms. The first-order valence-electron chi connectivity index (χ1n) is 3.73. The van der Waals surface area contributed by atoms with Crippen molar-refractivity contribution in [2.75, 3.05) is 0 Å². The summed E-state index contributed by atoms with van der Waals surface area (Å²) in [5.74, 6) is 1.18. The number of halogens is 1. The monoisotopic (exact) mass is 259 g/mol. The third-order valence-electron chi connectivity index (χ3n) is 1.51. The van der Waals surface area contributed by atoms with E-state index >= 15 is 0 Å². The maximum Gasteiger partial charge on any atom is 0.278 e. The predicted octanol–water partition coefficient (Wildman–Crippen LogP) is 2.52. The van der Waals surface area contributed by atoms with Crippen LogP contribution in [0.1, 0.15) is 12.7 Å². The number of aryl methyl sites for hydroxylation is 1. The standard InChI is InChI=1S/C7H6BrN3OS/c1-2-4-10-7(12-11-4)5-6(8)13-3-9-5/h3H,2H2,1H3. The summed E-state index contributed by atoms with van der Waals surface area (Å²) in [5.41, 5.74) is 2.45. The van der Waals surface area contributed by atoms with E-state index in [1.165, 1.54) is 11.3 Å². The number of hydrogen-bond donors (Lipinski definition) is 0. The van der Waals surface area contributed by atoms with Crippen molar-refractivity contribution >= 4 is 27.3 Å². The van der Waals surface area contributed by atoms with E-state index in [9.17, 15) is 0 Å². The molecule has 0 aliphatic carbocycles. The van der Waals surface area contributed by atoms with Gasteiger partial charge in [-0.05, 0) is 15.9 Å². The third kappa shape index (κ3) is 1.64. The van der Waals surface area contributed by atoms with Crippen LogP contribution in [0.5, 0.6) is 0 Å². The molecule has 6 heteroatoms. The zero-order valence-corrected chi connectivity index (χ0v) is 9.22. The average Bonchev–Trinajstić information content (AvgIpc) is 2.71. The average molecular weight is 260 g/mol. The Kier molecular flexibility index (Phi) is 2.41. The molecule has 0 aromatic carbocycles. The molecule has 0 amide bonds. The molecule has 0 fully saturated rings. The van der Waals surface area contributed by atoms with Crippen LogP contribution in [-0.4, -0.2) is 15.1 Å². The van der Waals surface area contributed by atoms with Gasteiger partial charge in [-0.15, -0.1) is 11.3 Å². The van der Waals surface area contributed by atoms with E-state index in [1.807, 2.05) is 6.92 Å². The summed E-state index contributed by atoms with van der Waals surface area (Å²) in [4.78, 5) is 8.28. The summed E-state index contributed by atoms with van der Waals surface area (Å²) in [5, 5.41) is 3.79. The van der Waals surface area contributed by atoms with Crippen molar-refractivity contribution < 1.29 is 4.52 Å². The lowest BCUT2D eigenvalue weighted by atomic mass is 10.4. The molecule has 0 atom stereocenters. The Morgan fingerprint density at radius 3 is 3.00 bits per heavy atom. The Morgan fingerprint density at radius 1 is 1.62 bits per heavy atom. The Morgan fingerprint density at radius 2 is 2.46 bits per heavy atom. The van der Waals surface area contributed by atoms with Crippen LogP contribution in [0.3, 0.4) is 0 Å². The highest BCUT2D eigenvalue weighted by Crippen LogP contribution is 2.28. The van der Waals surface area contributed by atoms with Gasteiger partial charge in [-0.3, -0.25) is 0 Å². The summed E-state index contributed by atoms with van der Waals surface area (Å²) >= 11 is 4.86. The van der Waals surface area contributed by atoms with Gasteiger partial charge in [-0.2, -0.15) is 4.98 Å². The molecule has 68 valence electrons. The Bertz CT molecular complexity index is 411. The van der Waals surface area contributed by atoms with E-state index in [0.717, 1.165) is 15.9 Å². The second-order valence-corrected chi connectivity index (χ2v) is 4.52. The van der Waals surface area contributed by atoms with Gasteiger partial charge in [0, 0.05) is 6.42 Å². The Labute approximate surface area is 87.1 Å². The minimum Gasteiger partial charge on any atom is -0.332 e. The predicted molar refractivity (Wildman–Crippen MR) is 52.5 cm³/mol. The second kappa shape index (κ2) is 3.55. The van der Waals surface area contributed by atoms with Gasteiger partial charge in [-0.1, -0.05) is 12.1 Å². The second-order valence-electron chi connectivity index (χ2n) is 2.34. The van der Waals surface area contributed by atoms with Crippen molar-refractivity contribution in [3.05, 3.63) is 15.1 Å². The Hall–Kier alpha value is -0.750. The van der Waals surface area contributed by atoms with Crippen LogP contribution in [0.25, 0.3) is 11.6 Å². The van der Waals surface area contributed by atoms with Gasteiger partial charge < -0.3 is 4.52 Å². The molecule has 2 rings (SSSR count). The van der Waals surface area contributed by atoms with Crippen molar-refractivity contribution in [2.45, 2.75) is 13.3 Å². The molecule has 2 aromatic heterocycles. The topological polar surface area (TPSA) is 51.8 Å². The molecule has 0 radical (unpaired) electrons. The van der Waals surface area contributed by atoms with E-state index < -0.39 is 0 Å². The molecule has 0 unspecified atom stereocenters. The van der Waals surface area contributed by atoms with Crippen molar-refractivity contribution in [1.29, 1.82) is 0 Å². The molecule has 2 aromatic rings. The van der Waals surface area contributed by atoms with Crippen molar-refractivity contribution in [3.8, 4) is 11.6 Å². The first-order valence-corrected chi connectivity index (χ1v) is 5.40. The zero-order chi connectivity index (χ0) is 9.26. The van der Waals surface area contributed by atoms with Crippen molar-refractivity contribution in [3.63, 3.8) is 0 Å². The van der Waals surface area contributed by atoms with Gasteiger partial charge in [-0.25, -0.2) is 4.98 Å². The fourth-order valence-electron chi connectivity index (χ4n) is 0.865. The molecule has 0 saturated carbocycles. The molecule has 0 spiro atoms. The van der Waals surface area contributed by atoms with Crippen LogP contribution in [-0.2, 0) is 6.42 Å². The summed E-state index contributed by atoms with van der Waals surface area (Å²) in [6, 6.07) is 0. The lowest BCUT2D eigenvalue weighted by molar-refractivity contribution is 0.422. The first kappa shape index (κ1) is 8.83. The number of nitrogens with zero attached hydrogens (tertiary/aromatic N) is 3. The number of thiazole rings is 1. The SMILES string of the molecule is CCc1noc(-c2ncsc2Br)n1. The molecular formula is C7H6BrN3OS. The van der Waals surface area contributed by atoms with Gasteiger partial charge in [0.2, 0.25) is 0 Å². The molecule has 0 aliphatic heterocycles. The summed E-state index contributed by atoms with van der Waals surface area (Å²) in [7, 11) is 0. The van der Waals surface area contributed by atoms with Crippen LogP contribution in [0, 0.1) is 0 Å². The van der Waals surface area contributed by atoms with E-state index in [2.05, 4.69) is 31.1 Å². The normalized spacial score (nSPS) is 10.6. The van der Waals surface area contributed by atoms with Crippen LogP contribution in [0.15, 0.2) is 13.8 Å². The zero-order valence-electron chi connectivity index (χ0n) is 6.82. The van der Waals surface area contributed by atoms with E-state index in [1.54, 1.807) is 5.51 Å². The van der Waals surface area contributed by atoms with Gasteiger partial charge in [0.1, 0.15) is 3.79 Å². The van der Waals surface area contributed by atoms with E-state index in [-0.39, 0.29) is 0 Å². The minimum absolute atomic E-state index is 0.477. The summed E-state index contributed by atoms with van der Waals surface area (Å²) in [6.07, 6.45) is 0.769. The highest BCUT2D eigenvalue weighted by molar-refractivity contribution is 9.11. The number of aromatic nitrogens is 3. The van der Waals surface area contributed by atoms with E-state index in [0.29, 0.717) is 11.7 Å². The summed E-state index contributed by atoms with van der Waals surface area (Å²) < 4.78 is 5.95. The maximum atomic E-state index is 5.03. The largest absolute Gasteiger partial charge is 0.332 e. The molecule has 0 aliphatic rings. The maximum absolute atomic E-state index is 5.03. The lowest BCUT2D eigenvalue weighted by Gasteiger charge is -1.85. The highest BCUT2D eigenvalue weighted by atomic mass is 79.9. The highest BCUT2D eigenvalue weighted by Gasteiger charge is 2.13. The molecular weight excluding hydrogens is 254 g/mol. The van der Waals surface area contributed by atoms with Crippen molar-refractivity contribution in [2.24, 2.45) is 0 Å². The first-order chi connectivity index (χ1) is 6.31. The van der Waals surface area contributed by atoms with Crippen LogP contribution < -0.4 is 0 Å². The fourth-order valence-corrected chi connectivity index (χ4v) is 1.89. The number of hydrogen-bond acceptors (Lipinski definition) is 5. The fraction of sp³-hybridized carbons (Fsp3) is 0.286. The molecule has 2 heterocycles. The van der Waals surface area contributed by atoms with E-state index in [4.69, 9.17) is 4.52 Å². The quantitative estimate of drug-likeness (QED) is 0.832. The van der Waals surface area contributed by atoms with Gasteiger partial charge >= 0.3 is 0 Å². The Balaban J connectivity index is 2.41. The van der Waals surface area contributed by atoms with Crippen molar-refractivity contribution in [1.82, 2.24) is 15.1 Å². The van der Waals surface area contributed by atoms with Gasteiger partial charge in [0.25, 0.3) is 5.89 Å². The third-order valence-corrected chi connectivity index (χ3v) is 3.06. The molecule has 4 nitrogen and oxygen atoms in total. The van der Waals surface area contributed by atoms with Gasteiger partial charge in [0.15, 0.2) is 11.5 Å². The van der Waals surface area contributed by atoms with Gasteiger partial charge in [0.05, 0.1) is 5.51 Å². The molecule has 0 saturated heterocycles. The lowest BCUT2D eigenvalue weighted by Crippen LogP contribution is -1.82. The minimum atomic E-state index is 0.477. The molecule has 0 N–H and O–H groups in total. The number of rotatable bonds is 2. The molecule has 0 bridgehead atoms.